The Kier molecular flexibility index (Phi) is 4.86. The van der Waals surface area contributed by atoms with Gasteiger partial charge < -0.3 is 9.32 Å². The summed E-state index contributed by atoms with van der Waals surface area (Å²) in [6, 6.07) is 2.72. The Hall–Kier alpha value is -2.06. The van der Waals surface area contributed by atoms with Gasteiger partial charge in [0.25, 0.3) is 0 Å². The first-order chi connectivity index (χ1) is 12.6. The normalized spacial score (nSPS) is 16.1. The van der Waals surface area contributed by atoms with Crippen LogP contribution < -0.4 is 4.90 Å². The van der Waals surface area contributed by atoms with E-state index in [1.54, 1.807) is 17.7 Å². The minimum Gasteiger partial charge on any atom is -0.424 e. The molecular weight excluding hydrogens is 348 g/mol. The molecule has 0 saturated carbocycles. The Morgan fingerprint density at radius 1 is 1.23 bits per heavy atom. The molecular formula is C18H24N6OS. The van der Waals surface area contributed by atoms with Crippen LogP contribution in [0.25, 0.3) is 10.2 Å². The lowest BCUT2D eigenvalue weighted by Gasteiger charge is -2.37. The number of aryl methyl sites for hydroxylation is 2. The number of aromatic nitrogens is 4. The summed E-state index contributed by atoms with van der Waals surface area (Å²) in [7, 11) is 2.14. The molecule has 1 aliphatic heterocycles. The smallest absolute Gasteiger partial charge is 0.230 e. The molecule has 0 amide bonds. The van der Waals surface area contributed by atoms with Crippen molar-refractivity contribution in [2.45, 2.75) is 45.7 Å². The average Bonchev–Trinajstić information content (AvgIpc) is 3.26. The lowest BCUT2D eigenvalue weighted by atomic mass is 10.0. The van der Waals surface area contributed by atoms with E-state index >= 15 is 0 Å². The van der Waals surface area contributed by atoms with Gasteiger partial charge in [-0.25, -0.2) is 9.97 Å². The number of rotatable bonds is 5. The van der Waals surface area contributed by atoms with Crippen LogP contribution in [-0.2, 0) is 13.0 Å². The van der Waals surface area contributed by atoms with E-state index in [2.05, 4.69) is 50.0 Å². The van der Waals surface area contributed by atoms with Gasteiger partial charge in [0.05, 0.1) is 11.9 Å². The third-order valence-electron chi connectivity index (χ3n) is 5.01. The summed E-state index contributed by atoms with van der Waals surface area (Å²) in [5.41, 5.74) is 0. The van der Waals surface area contributed by atoms with E-state index < -0.39 is 0 Å². The predicted molar refractivity (Wildman–Crippen MR) is 103 cm³/mol. The molecule has 4 heterocycles. The molecule has 0 N–H and O–H groups in total. The molecule has 26 heavy (non-hydrogen) atoms. The topological polar surface area (TPSA) is 71.2 Å². The van der Waals surface area contributed by atoms with Crippen LogP contribution in [0.1, 0.15) is 36.4 Å². The summed E-state index contributed by atoms with van der Waals surface area (Å²) in [5, 5.41) is 9.37. The van der Waals surface area contributed by atoms with Crippen LogP contribution in [0.2, 0.25) is 0 Å². The molecule has 3 aromatic rings. The second-order valence-electron chi connectivity index (χ2n) is 6.85. The molecule has 1 aliphatic rings. The van der Waals surface area contributed by atoms with Crippen LogP contribution in [-0.4, -0.2) is 51.2 Å². The summed E-state index contributed by atoms with van der Waals surface area (Å²) in [4.78, 5) is 16.1. The maximum absolute atomic E-state index is 5.65. The maximum Gasteiger partial charge on any atom is 0.230 e. The highest BCUT2D eigenvalue weighted by Crippen LogP contribution is 2.31. The van der Waals surface area contributed by atoms with Crippen LogP contribution in [0.3, 0.4) is 0 Å². The van der Waals surface area contributed by atoms with E-state index in [0.29, 0.717) is 24.4 Å². The van der Waals surface area contributed by atoms with E-state index in [4.69, 9.17) is 4.42 Å². The molecule has 0 spiro atoms. The van der Waals surface area contributed by atoms with Crippen molar-refractivity contribution in [3.05, 3.63) is 29.1 Å². The molecule has 0 unspecified atom stereocenters. The standard InChI is InChI=1S/C18H24N6OS/c1-4-15-21-22-16(25-15)10-23(3)13-5-7-24(8-6-13)17-14-9-12(2)26-18(14)20-11-19-17/h9,11,13H,4-8,10H2,1-3H3. The van der Waals surface area contributed by atoms with E-state index in [9.17, 15) is 0 Å². The highest BCUT2D eigenvalue weighted by Gasteiger charge is 2.25. The van der Waals surface area contributed by atoms with Gasteiger partial charge in [-0.05, 0) is 32.9 Å². The van der Waals surface area contributed by atoms with Crippen LogP contribution in [0.5, 0.6) is 0 Å². The zero-order valence-corrected chi connectivity index (χ0v) is 16.3. The van der Waals surface area contributed by atoms with Crippen molar-refractivity contribution in [3.63, 3.8) is 0 Å². The minimum atomic E-state index is 0.518. The molecule has 0 bridgehead atoms. The zero-order chi connectivity index (χ0) is 18.1. The van der Waals surface area contributed by atoms with Gasteiger partial charge in [0.15, 0.2) is 0 Å². The highest BCUT2D eigenvalue weighted by molar-refractivity contribution is 7.18. The molecule has 0 atom stereocenters. The Bertz CT molecular complexity index is 883. The number of thiophene rings is 1. The molecule has 4 rings (SSSR count). The second kappa shape index (κ2) is 7.28. The number of hydrogen-bond donors (Lipinski definition) is 0. The Morgan fingerprint density at radius 3 is 2.73 bits per heavy atom. The summed E-state index contributed by atoms with van der Waals surface area (Å²) in [6.45, 7) is 6.86. The second-order valence-corrected chi connectivity index (χ2v) is 8.08. The van der Waals surface area contributed by atoms with E-state index in [-0.39, 0.29) is 0 Å². The third kappa shape index (κ3) is 3.43. The van der Waals surface area contributed by atoms with Crippen molar-refractivity contribution in [3.8, 4) is 0 Å². The van der Waals surface area contributed by atoms with Crippen LogP contribution in [0.15, 0.2) is 16.8 Å². The van der Waals surface area contributed by atoms with E-state index in [0.717, 1.165) is 43.0 Å². The number of piperidine rings is 1. The fourth-order valence-electron chi connectivity index (χ4n) is 3.57. The van der Waals surface area contributed by atoms with E-state index in [1.807, 2.05) is 6.92 Å². The SMILES string of the molecule is CCc1nnc(CN(C)C2CCN(c3ncnc4sc(C)cc34)CC2)o1. The number of fused-ring (bicyclic) bond motifs is 1. The molecule has 0 radical (unpaired) electrons. The lowest BCUT2D eigenvalue weighted by Crippen LogP contribution is -2.43. The van der Waals surface area contributed by atoms with Gasteiger partial charge in [0.2, 0.25) is 11.8 Å². The van der Waals surface area contributed by atoms with Gasteiger partial charge in [0, 0.05) is 30.4 Å². The summed E-state index contributed by atoms with van der Waals surface area (Å²) >= 11 is 1.73. The molecule has 8 heteroatoms. The average molecular weight is 372 g/mol. The van der Waals surface area contributed by atoms with Crippen LogP contribution >= 0.6 is 11.3 Å². The van der Waals surface area contributed by atoms with Crippen molar-refractivity contribution in [2.24, 2.45) is 0 Å². The first-order valence-electron chi connectivity index (χ1n) is 9.11. The molecule has 7 nitrogen and oxygen atoms in total. The fourth-order valence-corrected chi connectivity index (χ4v) is 4.41. The Morgan fingerprint density at radius 2 is 2.00 bits per heavy atom. The van der Waals surface area contributed by atoms with Gasteiger partial charge in [-0.3, -0.25) is 4.90 Å². The number of nitrogens with zero attached hydrogens (tertiary/aromatic N) is 6. The van der Waals surface area contributed by atoms with Crippen molar-refractivity contribution in [1.82, 2.24) is 25.1 Å². The van der Waals surface area contributed by atoms with Crippen molar-refractivity contribution < 1.29 is 4.42 Å². The van der Waals surface area contributed by atoms with Gasteiger partial charge >= 0.3 is 0 Å². The number of anilines is 1. The fraction of sp³-hybridized carbons (Fsp3) is 0.556. The number of hydrogen-bond acceptors (Lipinski definition) is 8. The molecule has 1 saturated heterocycles. The van der Waals surface area contributed by atoms with Crippen molar-refractivity contribution >= 4 is 27.4 Å². The summed E-state index contributed by atoms with van der Waals surface area (Å²) < 4.78 is 5.65. The van der Waals surface area contributed by atoms with Gasteiger partial charge in [0.1, 0.15) is 17.0 Å². The monoisotopic (exact) mass is 372 g/mol. The predicted octanol–water partition coefficient (Wildman–Crippen LogP) is 3.05. The van der Waals surface area contributed by atoms with Gasteiger partial charge in [-0.1, -0.05) is 6.92 Å². The first-order valence-corrected chi connectivity index (χ1v) is 9.93. The Balaban J connectivity index is 1.40. The molecule has 1 fully saturated rings. The highest BCUT2D eigenvalue weighted by atomic mass is 32.1. The molecule has 0 aliphatic carbocycles. The quantitative estimate of drug-likeness (QED) is 0.681. The largest absolute Gasteiger partial charge is 0.424 e. The first kappa shape index (κ1) is 17.4. The van der Waals surface area contributed by atoms with Crippen LogP contribution in [0, 0.1) is 6.92 Å². The Labute approximate surface area is 157 Å². The van der Waals surface area contributed by atoms with Crippen molar-refractivity contribution in [2.75, 3.05) is 25.0 Å². The minimum absolute atomic E-state index is 0.518. The summed E-state index contributed by atoms with van der Waals surface area (Å²) in [6.07, 6.45) is 4.66. The van der Waals surface area contributed by atoms with E-state index in [1.165, 1.54) is 10.3 Å². The van der Waals surface area contributed by atoms with Gasteiger partial charge in [-0.15, -0.1) is 21.5 Å². The van der Waals surface area contributed by atoms with Crippen molar-refractivity contribution in [1.29, 1.82) is 0 Å². The maximum atomic E-state index is 5.65. The zero-order valence-electron chi connectivity index (χ0n) is 15.5. The molecule has 0 aromatic carbocycles. The summed E-state index contributed by atoms with van der Waals surface area (Å²) in [5.74, 6) is 2.49. The van der Waals surface area contributed by atoms with Crippen LogP contribution in [0.4, 0.5) is 5.82 Å². The van der Waals surface area contributed by atoms with Gasteiger partial charge in [-0.2, -0.15) is 0 Å². The molecule has 3 aromatic heterocycles. The molecule has 138 valence electrons. The third-order valence-corrected chi connectivity index (χ3v) is 5.97. The lowest BCUT2D eigenvalue weighted by molar-refractivity contribution is 0.182.